The SMILES string of the molecule is CCN(CCCN(C)C)CC(C)(C)CNC. The Morgan fingerprint density at radius 1 is 1.12 bits per heavy atom. The number of hydrogen-bond acceptors (Lipinski definition) is 3. The molecule has 0 heterocycles. The lowest BCUT2D eigenvalue weighted by molar-refractivity contribution is 0.177. The van der Waals surface area contributed by atoms with E-state index in [1.54, 1.807) is 0 Å². The molecule has 0 amide bonds. The molecule has 0 atom stereocenters. The van der Waals surface area contributed by atoms with Gasteiger partial charge in [-0.2, -0.15) is 0 Å². The number of nitrogens with zero attached hydrogens (tertiary/aromatic N) is 2. The molecule has 0 fully saturated rings. The van der Waals surface area contributed by atoms with Gasteiger partial charge in [-0.1, -0.05) is 20.8 Å². The minimum atomic E-state index is 0.364. The Balaban J connectivity index is 3.90. The van der Waals surface area contributed by atoms with Crippen LogP contribution in [0.3, 0.4) is 0 Å². The smallest absolute Gasteiger partial charge is 0.00447 e. The summed E-state index contributed by atoms with van der Waals surface area (Å²) in [6, 6.07) is 0. The molecule has 98 valence electrons. The molecule has 0 saturated carbocycles. The van der Waals surface area contributed by atoms with Crippen LogP contribution in [0.25, 0.3) is 0 Å². The van der Waals surface area contributed by atoms with Gasteiger partial charge in [-0.25, -0.2) is 0 Å². The average molecular weight is 229 g/mol. The molecule has 0 aromatic heterocycles. The van der Waals surface area contributed by atoms with E-state index in [1.807, 2.05) is 7.05 Å². The largest absolute Gasteiger partial charge is 0.319 e. The first-order valence-electron chi connectivity index (χ1n) is 6.43. The van der Waals surface area contributed by atoms with Crippen LogP contribution >= 0.6 is 0 Å². The molecule has 0 aliphatic carbocycles. The van der Waals surface area contributed by atoms with Crippen LogP contribution in [-0.4, -0.2) is 63.7 Å². The Hall–Kier alpha value is -0.120. The molecule has 1 N–H and O–H groups in total. The molecule has 0 aromatic rings. The van der Waals surface area contributed by atoms with Crippen LogP contribution < -0.4 is 5.32 Å². The summed E-state index contributed by atoms with van der Waals surface area (Å²) in [5.41, 5.74) is 0.364. The van der Waals surface area contributed by atoms with E-state index in [9.17, 15) is 0 Å². The second-order valence-corrected chi connectivity index (χ2v) is 5.72. The first kappa shape index (κ1) is 15.9. The maximum atomic E-state index is 3.28. The third-order valence-corrected chi connectivity index (χ3v) is 2.83. The van der Waals surface area contributed by atoms with Gasteiger partial charge in [0, 0.05) is 13.1 Å². The van der Waals surface area contributed by atoms with E-state index in [-0.39, 0.29) is 0 Å². The molecule has 0 aromatic carbocycles. The van der Waals surface area contributed by atoms with Crippen LogP contribution in [0.5, 0.6) is 0 Å². The molecule has 0 unspecified atom stereocenters. The van der Waals surface area contributed by atoms with Gasteiger partial charge in [0.25, 0.3) is 0 Å². The summed E-state index contributed by atoms with van der Waals surface area (Å²) in [6.45, 7) is 12.7. The van der Waals surface area contributed by atoms with Gasteiger partial charge in [-0.15, -0.1) is 0 Å². The summed E-state index contributed by atoms with van der Waals surface area (Å²) in [4.78, 5) is 4.81. The predicted molar refractivity (Wildman–Crippen MR) is 73.0 cm³/mol. The molecule has 0 spiro atoms. The Kier molecular flexibility index (Phi) is 7.98. The predicted octanol–water partition coefficient (Wildman–Crippen LogP) is 1.51. The van der Waals surface area contributed by atoms with E-state index in [1.165, 1.54) is 26.1 Å². The fourth-order valence-electron chi connectivity index (χ4n) is 2.10. The molecule has 0 bridgehead atoms. The fraction of sp³-hybridized carbons (Fsp3) is 1.00. The van der Waals surface area contributed by atoms with Crippen LogP contribution in [0, 0.1) is 5.41 Å². The highest BCUT2D eigenvalue weighted by atomic mass is 15.1. The van der Waals surface area contributed by atoms with Crippen molar-refractivity contribution in [2.24, 2.45) is 5.41 Å². The summed E-state index contributed by atoms with van der Waals surface area (Å²) in [6.07, 6.45) is 1.26. The van der Waals surface area contributed by atoms with Gasteiger partial charge in [0.1, 0.15) is 0 Å². The normalized spacial score (nSPS) is 12.8. The quantitative estimate of drug-likeness (QED) is 0.646. The summed E-state index contributed by atoms with van der Waals surface area (Å²) < 4.78 is 0. The van der Waals surface area contributed by atoms with Crippen molar-refractivity contribution in [1.29, 1.82) is 0 Å². The van der Waals surface area contributed by atoms with E-state index in [2.05, 4.69) is 50.0 Å². The van der Waals surface area contributed by atoms with Gasteiger partial charge in [-0.05, 0) is 52.6 Å². The van der Waals surface area contributed by atoms with Crippen molar-refractivity contribution in [3.8, 4) is 0 Å². The van der Waals surface area contributed by atoms with Crippen LogP contribution in [0.15, 0.2) is 0 Å². The zero-order valence-corrected chi connectivity index (χ0v) is 12.1. The number of hydrogen-bond donors (Lipinski definition) is 1. The molecule has 0 rings (SSSR count). The van der Waals surface area contributed by atoms with Crippen molar-refractivity contribution < 1.29 is 0 Å². The van der Waals surface area contributed by atoms with E-state index >= 15 is 0 Å². The Labute approximate surface area is 102 Å². The molecule has 0 aliphatic rings. The Morgan fingerprint density at radius 2 is 1.75 bits per heavy atom. The molecule has 0 saturated heterocycles. The van der Waals surface area contributed by atoms with Crippen molar-refractivity contribution in [3.63, 3.8) is 0 Å². The highest BCUT2D eigenvalue weighted by Gasteiger charge is 2.19. The second-order valence-electron chi connectivity index (χ2n) is 5.72. The molecule has 0 radical (unpaired) electrons. The van der Waals surface area contributed by atoms with E-state index in [0.29, 0.717) is 5.41 Å². The van der Waals surface area contributed by atoms with Crippen LogP contribution in [0.1, 0.15) is 27.2 Å². The highest BCUT2D eigenvalue weighted by Crippen LogP contribution is 2.15. The van der Waals surface area contributed by atoms with Crippen molar-refractivity contribution in [2.45, 2.75) is 27.2 Å². The first-order chi connectivity index (χ1) is 7.41. The summed E-state index contributed by atoms with van der Waals surface area (Å²) in [5, 5.41) is 3.28. The minimum Gasteiger partial charge on any atom is -0.319 e. The lowest BCUT2D eigenvalue weighted by Crippen LogP contribution is -2.40. The van der Waals surface area contributed by atoms with Crippen molar-refractivity contribution in [2.75, 3.05) is 53.9 Å². The molecule has 3 heteroatoms. The summed E-state index contributed by atoms with van der Waals surface area (Å²) >= 11 is 0. The molecule has 16 heavy (non-hydrogen) atoms. The van der Waals surface area contributed by atoms with Crippen molar-refractivity contribution >= 4 is 0 Å². The van der Waals surface area contributed by atoms with Gasteiger partial charge >= 0.3 is 0 Å². The Bertz CT molecular complexity index is 167. The van der Waals surface area contributed by atoms with E-state index in [0.717, 1.165) is 13.1 Å². The maximum Gasteiger partial charge on any atom is 0.00447 e. The standard InChI is InChI=1S/C13H31N3/c1-7-16(10-8-9-15(5)6)12-13(2,3)11-14-4/h14H,7-12H2,1-6H3. The molecular weight excluding hydrogens is 198 g/mol. The molecule has 3 nitrogen and oxygen atoms in total. The molecular formula is C13H31N3. The van der Waals surface area contributed by atoms with Crippen LogP contribution in [0.4, 0.5) is 0 Å². The third-order valence-electron chi connectivity index (χ3n) is 2.83. The summed E-state index contributed by atoms with van der Waals surface area (Å²) in [7, 11) is 6.31. The van der Waals surface area contributed by atoms with Crippen LogP contribution in [0.2, 0.25) is 0 Å². The zero-order valence-electron chi connectivity index (χ0n) is 12.1. The molecule has 0 aliphatic heterocycles. The average Bonchev–Trinajstić information content (AvgIpc) is 2.15. The highest BCUT2D eigenvalue weighted by molar-refractivity contribution is 4.75. The maximum absolute atomic E-state index is 3.28. The lowest BCUT2D eigenvalue weighted by Gasteiger charge is -2.32. The Morgan fingerprint density at radius 3 is 2.19 bits per heavy atom. The van der Waals surface area contributed by atoms with Gasteiger partial charge in [0.15, 0.2) is 0 Å². The van der Waals surface area contributed by atoms with E-state index < -0.39 is 0 Å². The van der Waals surface area contributed by atoms with Gasteiger partial charge in [0.05, 0.1) is 0 Å². The minimum absolute atomic E-state index is 0.364. The monoisotopic (exact) mass is 229 g/mol. The van der Waals surface area contributed by atoms with Gasteiger partial charge < -0.3 is 15.1 Å². The van der Waals surface area contributed by atoms with Gasteiger partial charge in [-0.3, -0.25) is 0 Å². The van der Waals surface area contributed by atoms with E-state index in [4.69, 9.17) is 0 Å². The zero-order chi connectivity index (χ0) is 12.6. The fourth-order valence-corrected chi connectivity index (χ4v) is 2.10. The lowest BCUT2D eigenvalue weighted by atomic mass is 9.92. The number of rotatable bonds is 9. The third kappa shape index (κ3) is 8.08. The topological polar surface area (TPSA) is 18.5 Å². The van der Waals surface area contributed by atoms with Crippen molar-refractivity contribution in [3.05, 3.63) is 0 Å². The van der Waals surface area contributed by atoms with Crippen molar-refractivity contribution in [1.82, 2.24) is 15.1 Å². The summed E-state index contributed by atoms with van der Waals surface area (Å²) in [5.74, 6) is 0. The first-order valence-corrected chi connectivity index (χ1v) is 6.43. The van der Waals surface area contributed by atoms with Gasteiger partial charge in [0.2, 0.25) is 0 Å². The second kappa shape index (κ2) is 8.04. The number of nitrogens with one attached hydrogen (secondary N) is 1. The van der Waals surface area contributed by atoms with Crippen LogP contribution in [-0.2, 0) is 0 Å².